The first-order chi connectivity index (χ1) is 14.6. The maximum absolute atomic E-state index is 12.8. The molecule has 30 heavy (non-hydrogen) atoms. The van der Waals surface area contributed by atoms with Gasteiger partial charge >= 0.3 is 0 Å². The molecule has 0 fully saturated rings. The number of para-hydroxylation sites is 1. The van der Waals surface area contributed by atoms with Crippen LogP contribution in [-0.2, 0) is 19.4 Å². The van der Waals surface area contributed by atoms with Crippen LogP contribution >= 0.6 is 11.3 Å². The lowest BCUT2D eigenvalue weighted by atomic mass is 9.89. The van der Waals surface area contributed by atoms with E-state index in [4.69, 9.17) is 4.98 Å². The number of rotatable bonds is 6. The van der Waals surface area contributed by atoms with Crippen molar-refractivity contribution < 1.29 is 0 Å². The van der Waals surface area contributed by atoms with Crippen LogP contribution in [0.3, 0.4) is 0 Å². The highest BCUT2D eigenvalue weighted by Crippen LogP contribution is 2.35. The topological polar surface area (TPSA) is 62.7 Å². The molecule has 1 aromatic carbocycles. The van der Waals surface area contributed by atoms with Crippen molar-refractivity contribution in [2.45, 2.75) is 52.1 Å². The van der Waals surface area contributed by atoms with Gasteiger partial charge in [0.15, 0.2) is 0 Å². The van der Waals surface area contributed by atoms with Crippen molar-refractivity contribution in [3.8, 4) is 0 Å². The summed E-state index contributed by atoms with van der Waals surface area (Å²) in [6, 6.07) is 10.6. The quantitative estimate of drug-likeness (QED) is 0.440. The van der Waals surface area contributed by atoms with Gasteiger partial charge in [0.1, 0.15) is 10.7 Å². The number of aromatic amines is 1. The standard InChI is InChI=1S/C24H28N4OS/c1-15-8-9-18-20(14-15)30-24-21(18)23(29)26-22(27-24)16(2)25-11-5-12-28-13-10-17-6-3-4-7-19(17)28/h3-4,6-7,10,13,15-16,25H,5,8-9,11-12,14H2,1-2H3,(H,26,27,29)/t15-,16-/m0/s1. The molecule has 3 aromatic heterocycles. The van der Waals surface area contributed by atoms with Crippen molar-refractivity contribution in [2.24, 2.45) is 5.92 Å². The number of benzene rings is 1. The molecule has 0 saturated heterocycles. The van der Waals surface area contributed by atoms with Gasteiger partial charge in [-0.15, -0.1) is 11.3 Å². The average Bonchev–Trinajstić information content (AvgIpc) is 3.31. The molecule has 0 amide bonds. The van der Waals surface area contributed by atoms with Gasteiger partial charge in [-0.1, -0.05) is 25.1 Å². The molecular formula is C24H28N4OS. The summed E-state index contributed by atoms with van der Waals surface area (Å²) in [4.78, 5) is 23.0. The molecule has 6 heteroatoms. The third-order valence-electron chi connectivity index (χ3n) is 6.30. The minimum absolute atomic E-state index is 0.0153. The van der Waals surface area contributed by atoms with E-state index < -0.39 is 0 Å². The van der Waals surface area contributed by atoms with Crippen LogP contribution in [-0.4, -0.2) is 21.1 Å². The number of fused-ring (bicyclic) bond motifs is 4. The molecule has 1 aliphatic carbocycles. The van der Waals surface area contributed by atoms with Gasteiger partial charge in [0, 0.05) is 23.1 Å². The Morgan fingerprint density at radius 1 is 1.33 bits per heavy atom. The molecule has 4 aromatic rings. The summed E-state index contributed by atoms with van der Waals surface area (Å²) >= 11 is 1.71. The number of nitrogens with one attached hydrogen (secondary N) is 2. The number of hydrogen-bond donors (Lipinski definition) is 2. The van der Waals surface area contributed by atoms with Crippen LogP contribution in [0.4, 0.5) is 0 Å². The highest BCUT2D eigenvalue weighted by molar-refractivity contribution is 7.18. The van der Waals surface area contributed by atoms with Crippen molar-refractivity contribution in [2.75, 3.05) is 6.54 Å². The Hall–Kier alpha value is -2.44. The van der Waals surface area contributed by atoms with Crippen molar-refractivity contribution in [3.05, 3.63) is 63.1 Å². The van der Waals surface area contributed by atoms with E-state index in [1.54, 1.807) is 11.3 Å². The third kappa shape index (κ3) is 3.59. The van der Waals surface area contributed by atoms with Crippen LogP contribution in [0.5, 0.6) is 0 Å². The lowest BCUT2D eigenvalue weighted by molar-refractivity contribution is 0.508. The van der Waals surface area contributed by atoms with E-state index in [-0.39, 0.29) is 11.6 Å². The number of aromatic nitrogens is 3. The Balaban J connectivity index is 1.26. The molecule has 2 atom stereocenters. The molecule has 1 aliphatic rings. The van der Waals surface area contributed by atoms with Gasteiger partial charge in [0.05, 0.1) is 11.4 Å². The molecule has 2 N–H and O–H groups in total. The fraction of sp³-hybridized carbons (Fsp3) is 0.417. The van der Waals surface area contributed by atoms with Crippen LogP contribution in [0.15, 0.2) is 41.3 Å². The first kappa shape index (κ1) is 19.5. The normalized spacial score (nSPS) is 17.5. The number of thiophene rings is 1. The van der Waals surface area contributed by atoms with Crippen molar-refractivity contribution >= 4 is 32.5 Å². The Morgan fingerprint density at radius 3 is 3.10 bits per heavy atom. The number of H-pyrrole nitrogens is 1. The van der Waals surface area contributed by atoms with E-state index in [9.17, 15) is 4.79 Å². The summed E-state index contributed by atoms with van der Waals surface area (Å²) in [6.07, 6.45) is 6.41. The monoisotopic (exact) mass is 420 g/mol. The van der Waals surface area contributed by atoms with E-state index in [2.05, 4.69) is 65.2 Å². The van der Waals surface area contributed by atoms with E-state index in [0.29, 0.717) is 5.92 Å². The van der Waals surface area contributed by atoms with Gasteiger partial charge in [-0.25, -0.2) is 4.98 Å². The van der Waals surface area contributed by atoms with Crippen LogP contribution in [0.25, 0.3) is 21.1 Å². The predicted molar refractivity (Wildman–Crippen MR) is 124 cm³/mol. The fourth-order valence-electron chi connectivity index (χ4n) is 4.57. The molecule has 0 spiro atoms. The van der Waals surface area contributed by atoms with Gasteiger partial charge in [-0.3, -0.25) is 4.79 Å². The number of hydrogen-bond acceptors (Lipinski definition) is 4. The summed E-state index contributed by atoms with van der Waals surface area (Å²) in [5, 5.41) is 5.64. The zero-order valence-electron chi connectivity index (χ0n) is 17.6. The first-order valence-electron chi connectivity index (χ1n) is 10.9. The van der Waals surface area contributed by atoms with Crippen LogP contribution in [0, 0.1) is 5.92 Å². The highest BCUT2D eigenvalue weighted by atomic mass is 32.1. The predicted octanol–water partition coefficient (Wildman–Crippen LogP) is 4.81. The second kappa shape index (κ2) is 8.00. The lowest BCUT2D eigenvalue weighted by Gasteiger charge is -2.17. The minimum Gasteiger partial charge on any atom is -0.347 e. The lowest BCUT2D eigenvalue weighted by Crippen LogP contribution is -2.25. The smallest absolute Gasteiger partial charge is 0.259 e. The Bertz CT molecular complexity index is 1250. The van der Waals surface area contributed by atoms with Crippen LogP contribution < -0.4 is 10.9 Å². The molecule has 5 rings (SSSR count). The molecule has 0 unspecified atom stereocenters. The molecule has 0 bridgehead atoms. The number of aryl methyl sites for hydroxylation is 2. The van der Waals surface area contributed by atoms with Crippen molar-refractivity contribution in [3.63, 3.8) is 0 Å². The zero-order valence-corrected chi connectivity index (χ0v) is 18.4. The third-order valence-corrected chi connectivity index (χ3v) is 7.45. The van der Waals surface area contributed by atoms with E-state index >= 15 is 0 Å². The Kier molecular flexibility index (Phi) is 5.21. The van der Waals surface area contributed by atoms with Crippen LogP contribution in [0.1, 0.15) is 49.0 Å². The van der Waals surface area contributed by atoms with Crippen molar-refractivity contribution in [1.82, 2.24) is 19.9 Å². The SMILES string of the molecule is C[C@H]1CCc2c(sc3nc([C@H](C)NCCCn4ccc5ccccc54)[nH]c(=O)c23)C1. The van der Waals surface area contributed by atoms with E-state index in [0.717, 1.165) is 54.8 Å². The average molecular weight is 421 g/mol. The molecule has 3 heterocycles. The highest BCUT2D eigenvalue weighted by Gasteiger charge is 2.23. The molecule has 5 nitrogen and oxygen atoms in total. The summed E-state index contributed by atoms with van der Waals surface area (Å²) in [7, 11) is 0. The maximum atomic E-state index is 12.8. The van der Waals surface area contributed by atoms with Gasteiger partial charge in [0.2, 0.25) is 0 Å². The van der Waals surface area contributed by atoms with Gasteiger partial charge in [0.25, 0.3) is 5.56 Å². The molecule has 0 aliphatic heterocycles. The van der Waals surface area contributed by atoms with Gasteiger partial charge in [-0.05, 0) is 68.2 Å². The van der Waals surface area contributed by atoms with Gasteiger partial charge in [-0.2, -0.15) is 0 Å². The second-order valence-electron chi connectivity index (χ2n) is 8.58. The van der Waals surface area contributed by atoms with E-state index in [1.165, 1.54) is 21.3 Å². The molecular weight excluding hydrogens is 392 g/mol. The van der Waals surface area contributed by atoms with Gasteiger partial charge < -0.3 is 14.9 Å². The molecule has 0 radical (unpaired) electrons. The zero-order chi connectivity index (χ0) is 20.7. The summed E-state index contributed by atoms with van der Waals surface area (Å²) in [5.41, 5.74) is 2.54. The Morgan fingerprint density at radius 2 is 2.20 bits per heavy atom. The summed E-state index contributed by atoms with van der Waals surface area (Å²) in [5.74, 6) is 1.44. The molecule has 156 valence electrons. The van der Waals surface area contributed by atoms with E-state index in [1.807, 2.05) is 0 Å². The maximum Gasteiger partial charge on any atom is 0.259 e. The summed E-state index contributed by atoms with van der Waals surface area (Å²) in [6.45, 7) is 6.20. The van der Waals surface area contributed by atoms with Crippen molar-refractivity contribution in [1.29, 1.82) is 0 Å². The largest absolute Gasteiger partial charge is 0.347 e. The first-order valence-corrected chi connectivity index (χ1v) is 11.7. The molecule has 0 saturated carbocycles. The summed E-state index contributed by atoms with van der Waals surface area (Å²) < 4.78 is 2.30. The number of nitrogens with zero attached hydrogens (tertiary/aromatic N) is 2. The fourth-order valence-corrected chi connectivity index (χ4v) is 5.96. The van der Waals surface area contributed by atoms with Crippen LogP contribution in [0.2, 0.25) is 0 Å². The second-order valence-corrected chi connectivity index (χ2v) is 9.66. The Labute approximate surface area is 180 Å². The minimum atomic E-state index is 0.0153.